The van der Waals surface area contributed by atoms with Crippen LogP contribution >= 0.6 is 0 Å². The molecule has 156 valence electrons. The van der Waals surface area contributed by atoms with Crippen LogP contribution < -0.4 is 4.74 Å². The largest absolute Gasteiger partial charge is 0.488 e. The molecule has 0 aliphatic carbocycles. The molecule has 0 saturated heterocycles. The molecule has 2 aromatic carbocycles. The summed E-state index contributed by atoms with van der Waals surface area (Å²) in [6.07, 6.45) is 3.31. The van der Waals surface area contributed by atoms with E-state index in [-0.39, 0.29) is 25.0 Å². The number of carbonyl (C=O) groups excluding carboxylic acids is 1. The number of hydrogen-bond acceptors (Lipinski definition) is 4. The Balaban J connectivity index is 1.72. The number of hydrogen-bond donors (Lipinski definition) is 1. The molecule has 0 saturated carbocycles. The number of allylic oxidation sites excluding steroid dienone is 1. The number of ketones is 1. The van der Waals surface area contributed by atoms with Crippen molar-refractivity contribution >= 4 is 11.9 Å². The minimum Gasteiger partial charge on any atom is -0.488 e. The summed E-state index contributed by atoms with van der Waals surface area (Å²) in [4.78, 5) is 16.9. The van der Waals surface area contributed by atoms with Crippen LogP contribution in [0.25, 0.3) is 6.08 Å². The molecule has 1 heterocycles. The zero-order valence-electron chi connectivity index (χ0n) is 16.9. The average Bonchev–Trinajstić information content (AvgIpc) is 3.09. The van der Waals surface area contributed by atoms with Gasteiger partial charge >= 0.3 is 0 Å². The molecule has 5 nitrogen and oxygen atoms in total. The molecule has 1 aromatic heterocycles. The molecule has 0 amide bonds. The molecule has 0 unspecified atom stereocenters. The second kappa shape index (κ2) is 10.0. The standard InChI is InChI=1S/C24H24FNO4/c1-17-8-10-20(11-9-17)24(27)22-12-13-23(25)26(22)14-4-6-19-5-3-7-21(15-19)30-18(2)16-29-28/h3-13,15,18,28H,14,16H2,1-2H3/t18-/m0/s1. The van der Waals surface area contributed by atoms with Crippen molar-refractivity contribution in [2.75, 3.05) is 6.61 Å². The second-order valence-electron chi connectivity index (χ2n) is 7.05. The van der Waals surface area contributed by atoms with E-state index in [4.69, 9.17) is 9.99 Å². The van der Waals surface area contributed by atoms with Crippen LogP contribution in [0.2, 0.25) is 0 Å². The van der Waals surface area contributed by atoms with Crippen LogP contribution in [-0.2, 0) is 11.4 Å². The van der Waals surface area contributed by atoms with Gasteiger partial charge < -0.3 is 9.30 Å². The van der Waals surface area contributed by atoms with E-state index >= 15 is 0 Å². The van der Waals surface area contributed by atoms with Crippen molar-refractivity contribution in [1.29, 1.82) is 0 Å². The fraction of sp³-hybridized carbons (Fsp3) is 0.208. The molecule has 0 radical (unpaired) electrons. The summed E-state index contributed by atoms with van der Waals surface area (Å²) in [7, 11) is 0. The summed E-state index contributed by atoms with van der Waals surface area (Å²) >= 11 is 0. The van der Waals surface area contributed by atoms with Crippen molar-refractivity contribution in [1.82, 2.24) is 4.57 Å². The first kappa shape index (κ1) is 21.5. The number of halogens is 1. The van der Waals surface area contributed by atoms with Crippen LogP contribution in [0.15, 0.2) is 66.7 Å². The highest BCUT2D eigenvalue weighted by Crippen LogP contribution is 2.18. The van der Waals surface area contributed by atoms with Crippen LogP contribution in [-0.4, -0.2) is 28.3 Å². The topological polar surface area (TPSA) is 60.7 Å². The molecule has 30 heavy (non-hydrogen) atoms. The predicted octanol–water partition coefficient (Wildman–Crippen LogP) is 5.14. The Morgan fingerprint density at radius 2 is 1.93 bits per heavy atom. The normalized spacial score (nSPS) is 12.3. The van der Waals surface area contributed by atoms with Crippen LogP contribution in [0, 0.1) is 12.9 Å². The Hall–Kier alpha value is -3.22. The number of rotatable bonds is 9. The fourth-order valence-electron chi connectivity index (χ4n) is 3.04. The van der Waals surface area contributed by atoms with Gasteiger partial charge in [-0.25, -0.2) is 4.89 Å². The third-order valence-electron chi connectivity index (χ3n) is 4.58. The van der Waals surface area contributed by atoms with Gasteiger partial charge in [0.2, 0.25) is 5.78 Å². The SMILES string of the molecule is Cc1ccc(C(=O)c2ccc(F)n2CC=Cc2cccc(O[C@@H](C)COO)c2)cc1. The monoisotopic (exact) mass is 409 g/mol. The van der Waals surface area contributed by atoms with E-state index in [9.17, 15) is 9.18 Å². The number of nitrogens with zero attached hydrogens (tertiary/aromatic N) is 1. The summed E-state index contributed by atoms with van der Waals surface area (Å²) in [6.45, 7) is 4.00. The third-order valence-corrected chi connectivity index (χ3v) is 4.58. The van der Waals surface area contributed by atoms with E-state index in [1.54, 1.807) is 31.2 Å². The molecule has 0 spiro atoms. The number of ether oxygens (including phenoxy) is 1. The average molecular weight is 409 g/mol. The first-order chi connectivity index (χ1) is 14.5. The van der Waals surface area contributed by atoms with Gasteiger partial charge in [0.25, 0.3) is 0 Å². The van der Waals surface area contributed by atoms with Crippen molar-refractivity contribution in [3.8, 4) is 5.75 Å². The lowest BCUT2D eigenvalue weighted by molar-refractivity contribution is -0.253. The van der Waals surface area contributed by atoms with Gasteiger partial charge in [-0.15, -0.1) is 0 Å². The van der Waals surface area contributed by atoms with E-state index < -0.39 is 5.95 Å². The quantitative estimate of drug-likeness (QED) is 0.302. The lowest BCUT2D eigenvalue weighted by Crippen LogP contribution is -2.18. The minimum atomic E-state index is -0.468. The molecule has 0 aliphatic heterocycles. The van der Waals surface area contributed by atoms with Gasteiger partial charge in [0, 0.05) is 12.1 Å². The highest BCUT2D eigenvalue weighted by atomic mass is 19.1. The van der Waals surface area contributed by atoms with Crippen LogP contribution in [0.3, 0.4) is 0 Å². The Bertz CT molecular complexity index is 1020. The smallest absolute Gasteiger partial charge is 0.209 e. The van der Waals surface area contributed by atoms with Crippen LogP contribution in [0.1, 0.15) is 34.1 Å². The Morgan fingerprint density at radius 1 is 1.17 bits per heavy atom. The maximum Gasteiger partial charge on any atom is 0.209 e. The Kier molecular flexibility index (Phi) is 7.17. The molecule has 1 atom stereocenters. The van der Waals surface area contributed by atoms with E-state index in [1.807, 2.05) is 43.3 Å². The van der Waals surface area contributed by atoms with E-state index in [0.29, 0.717) is 17.0 Å². The maximum atomic E-state index is 14.3. The number of benzene rings is 2. The van der Waals surface area contributed by atoms with Crippen LogP contribution in [0.4, 0.5) is 4.39 Å². The van der Waals surface area contributed by atoms with Gasteiger partial charge in [-0.1, -0.05) is 54.1 Å². The molecule has 0 fully saturated rings. The summed E-state index contributed by atoms with van der Waals surface area (Å²) in [5, 5.41) is 8.50. The van der Waals surface area contributed by atoms with Gasteiger partial charge in [-0.2, -0.15) is 4.39 Å². The summed E-state index contributed by atoms with van der Waals surface area (Å²) in [6, 6.07) is 17.4. The van der Waals surface area contributed by atoms with Gasteiger partial charge in [-0.3, -0.25) is 10.1 Å². The van der Waals surface area contributed by atoms with E-state index in [0.717, 1.165) is 11.1 Å². The number of aromatic nitrogens is 1. The summed E-state index contributed by atoms with van der Waals surface area (Å²) in [5.41, 5.74) is 2.75. The van der Waals surface area contributed by atoms with Crippen molar-refractivity contribution in [3.63, 3.8) is 0 Å². The van der Waals surface area contributed by atoms with E-state index in [2.05, 4.69) is 4.89 Å². The lowest BCUT2D eigenvalue weighted by Gasteiger charge is -2.13. The fourth-order valence-corrected chi connectivity index (χ4v) is 3.04. The number of aryl methyl sites for hydroxylation is 1. The van der Waals surface area contributed by atoms with Crippen molar-refractivity contribution in [2.45, 2.75) is 26.5 Å². The second-order valence-corrected chi connectivity index (χ2v) is 7.05. The summed E-state index contributed by atoms with van der Waals surface area (Å²) < 4.78 is 21.3. The predicted molar refractivity (Wildman–Crippen MR) is 113 cm³/mol. The zero-order valence-corrected chi connectivity index (χ0v) is 16.9. The van der Waals surface area contributed by atoms with Crippen molar-refractivity contribution in [3.05, 3.63) is 95.1 Å². The zero-order chi connectivity index (χ0) is 21.5. The van der Waals surface area contributed by atoms with Gasteiger partial charge in [0.05, 0.1) is 5.69 Å². The summed E-state index contributed by atoms with van der Waals surface area (Å²) in [5.74, 6) is -0.0584. The van der Waals surface area contributed by atoms with Crippen molar-refractivity contribution in [2.24, 2.45) is 0 Å². The van der Waals surface area contributed by atoms with Crippen molar-refractivity contribution < 1.29 is 24.1 Å². The van der Waals surface area contributed by atoms with Gasteiger partial charge in [-0.05, 0) is 43.7 Å². The molecule has 3 rings (SSSR count). The first-order valence-electron chi connectivity index (χ1n) is 9.64. The molecular formula is C24H24FNO4. The minimum absolute atomic E-state index is 0.0603. The maximum absolute atomic E-state index is 14.3. The molecule has 0 aliphatic rings. The third kappa shape index (κ3) is 5.43. The molecule has 3 aromatic rings. The first-order valence-corrected chi connectivity index (χ1v) is 9.64. The van der Waals surface area contributed by atoms with E-state index in [1.165, 1.54) is 16.7 Å². The number of carbonyl (C=O) groups is 1. The molecule has 6 heteroatoms. The molecule has 1 N–H and O–H groups in total. The molecule has 0 bridgehead atoms. The van der Waals surface area contributed by atoms with Gasteiger partial charge in [0.1, 0.15) is 18.5 Å². The highest BCUT2D eigenvalue weighted by molar-refractivity contribution is 6.08. The Labute approximate surface area is 174 Å². The Morgan fingerprint density at radius 3 is 2.67 bits per heavy atom. The van der Waals surface area contributed by atoms with Crippen LogP contribution in [0.5, 0.6) is 5.75 Å². The van der Waals surface area contributed by atoms with Gasteiger partial charge in [0.15, 0.2) is 5.95 Å². The highest BCUT2D eigenvalue weighted by Gasteiger charge is 2.16. The lowest BCUT2D eigenvalue weighted by atomic mass is 10.1. The molecular weight excluding hydrogens is 385 g/mol.